The fourth-order valence-corrected chi connectivity index (χ4v) is 4.06. The number of carboxylic acids is 1. The highest BCUT2D eigenvalue weighted by atomic mass is 32.2. The third kappa shape index (κ3) is 3.29. The molecule has 24 heavy (non-hydrogen) atoms. The third-order valence-corrected chi connectivity index (χ3v) is 5.32. The molecule has 1 saturated heterocycles. The van der Waals surface area contributed by atoms with Crippen molar-refractivity contribution >= 4 is 16.0 Å². The SMILES string of the molecule is CS(=O)(=O)N1CCC[C@H]1c1cncc(-c2cccc(C(=O)O)c2)n1. The van der Waals surface area contributed by atoms with E-state index in [1.165, 1.54) is 22.7 Å². The van der Waals surface area contributed by atoms with Crippen LogP contribution in [-0.2, 0) is 10.0 Å². The first-order valence-corrected chi connectivity index (χ1v) is 9.33. The molecule has 1 atom stereocenters. The number of hydrogen-bond donors (Lipinski definition) is 1. The molecule has 2 aromatic rings. The maximum atomic E-state index is 11.9. The van der Waals surface area contributed by atoms with E-state index in [0.717, 1.165) is 6.42 Å². The lowest BCUT2D eigenvalue weighted by molar-refractivity contribution is 0.0697. The Bertz CT molecular complexity index is 882. The van der Waals surface area contributed by atoms with Gasteiger partial charge in [0, 0.05) is 12.1 Å². The first kappa shape index (κ1) is 16.5. The van der Waals surface area contributed by atoms with Crippen LogP contribution in [0, 0.1) is 0 Å². The average molecular weight is 347 g/mol. The third-order valence-electron chi connectivity index (χ3n) is 4.03. The fourth-order valence-electron chi connectivity index (χ4n) is 2.92. The van der Waals surface area contributed by atoms with Gasteiger partial charge in [-0.3, -0.25) is 4.98 Å². The van der Waals surface area contributed by atoms with E-state index in [-0.39, 0.29) is 11.6 Å². The lowest BCUT2D eigenvalue weighted by Crippen LogP contribution is -2.30. The summed E-state index contributed by atoms with van der Waals surface area (Å²) in [4.78, 5) is 19.8. The highest BCUT2D eigenvalue weighted by molar-refractivity contribution is 7.88. The van der Waals surface area contributed by atoms with Crippen molar-refractivity contribution in [1.82, 2.24) is 14.3 Å². The molecule has 1 aliphatic rings. The number of aromatic carboxylic acids is 1. The molecule has 1 N–H and O–H groups in total. The van der Waals surface area contributed by atoms with Crippen LogP contribution in [0.3, 0.4) is 0 Å². The van der Waals surface area contributed by atoms with Gasteiger partial charge in [0.25, 0.3) is 0 Å². The van der Waals surface area contributed by atoms with Gasteiger partial charge in [-0.15, -0.1) is 0 Å². The molecule has 1 aliphatic heterocycles. The lowest BCUT2D eigenvalue weighted by Gasteiger charge is -2.21. The van der Waals surface area contributed by atoms with Gasteiger partial charge in [-0.25, -0.2) is 18.2 Å². The molecule has 0 spiro atoms. The summed E-state index contributed by atoms with van der Waals surface area (Å²) in [6.45, 7) is 0.476. The normalized spacial score (nSPS) is 18.6. The van der Waals surface area contributed by atoms with Gasteiger partial charge in [0.1, 0.15) is 0 Å². The maximum Gasteiger partial charge on any atom is 0.335 e. The number of nitrogens with zero attached hydrogens (tertiary/aromatic N) is 3. The Morgan fingerprint density at radius 3 is 2.83 bits per heavy atom. The standard InChI is InChI=1S/C16H17N3O4S/c1-24(22,23)19-7-3-6-15(19)14-10-17-9-13(18-14)11-4-2-5-12(8-11)16(20)21/h2,4-5,8-10,15H,3,6-7H2,1H3,(H,20,21)/t15-/m0/s1. The molecule has 0 aliphatic carbocycles. The molecule has 0 unspecified atom stereocenters. The number of carbonyl (C=O) groups is 1. The monoisotopic (exact) mass is 347 g/mol. The Balaban J connectivity index is 1.98. The van der Waals surface area contributed by atoms with E-state index in [1.807, 2.05) is 0 Å². The zero-order valence-corrected chi connectivity index (χ0v) is 13.9. The zero-order chi connectivity index (χ0) is 17.3. The van der Waals surface area contributed by atoms with Crippen LogP contribution in [0.4, 0.5) is 0 Å². The summed E-state index contributed by atoms with van der Waals surface area (Å²) in [6.07, 6.45) is 5.78. The maximum absolute atomic E-state index is 11.9. The molecule has 0 amide bonds. The molecule has 1 aromatic heterocycles. The number of hydrogen-bond acceptors (Lipinski definition) is 5. The van der Waals surface area contributed by atoms with Crippen molar-refractivity contribution in [3.05, 3.63) is 47.9 Å². The summed E-state index contributed by atoms with van der Waals surface area (Å²) >= 11 is 0. The number of benzene rings is 1. The highest BCUT2D eigenvalue weighted by Crippen LogP contribution is 2.33. The summed E-state index contributed by atoms with van der Waals surface area (Å²) in [5, 5.41) is 9.10. The molecule has 2 heterocycles. The van der Waals surface area contributed by atoms with Crippen LogP contribution in [0.15, 0.2) is 36.7 Å². The van der Waals surface area contributed by atoms with Gasteiger partial charge in [-0.1, -0.05) is 12.1 Å². The van der Waals surface area contributed by atoms with Gasteiger partial charge in [0.05, 0.1) is 41.6 Å². The predicted octanol–water partition coefficient (Wildman–Crippen LogP) is 1.94. The van der Waals surface area contributed by atoms with Crippen LogP contribution in [0.2, 0.25) is 0 Å². The van der Waals surface area contributed by atoms with Gasteiger partial charge < -0.3 is 5.11 Å². The van der Waals surface area contributed by atoms with Crippen molar-refractivity contribution in [3.8, 4) is 11.3 Å². The van der Waals surface area contributed by atoms with Crippen LogP contribution < -0.4 is 0 Å². The summed E-state index contributed by atoms with van der Waals surface area (Å²) in [7, 11) is -3.31. The van der Waals surface area contributed by atoms with Crippen LogP contribution in [0.1, 0.15) is 34.9 Å². The number of carboxylic acid groups (broad SMARTS) is 1. The second-order valence-corrected chi connectivity index (χ2v) is 7.68. The van der Waals surface area contributed by atoms with E-state index in [4.69, 9.17) is 5.11 Å². The van der Waals surface area contributed by atoms with Gasteiger partial charge >= 0.3 is 5.97 Å². The van der Waals surface area contributed by atoms with Gasteiger partial charge in [0.15, 0.2) is 0 Å². The minimum Gasteiger partial charge on any atom is -0.478 e. The molecule has 1 fully saturated rings. The second-order valence-electron chi connectivity index (χ2n) is 5.75. The van der Waals surface area contributed by atoms with E-state index < -0.39 is 16.0 Å². The van der Waals surface area contributed by atoms with Crippen LogP contribution in [0.25, 0.3) is 11.3 Å². The molecule has 1 aromatic carbocycles. The minimum atomic E-state index is -3.31. The Labute approximate surface area is 140 Å². The van der Waals surface area contributed by atoms with Gasteiger partial charge in [-0.2, -0.15) is 4.31 Å². The topological polar surface area (TPSA) is 100 Å². The lowest BCUT2D eigenvalue weighted by atomic mass is 10.1. The van der Waals surface area contributed by atoms with Crippen molar-refractivity contribution in [2.24, 2.45) is 0 Å². The summed E-state index contributed by atoms with van der Waals surface area (Å²) in [5.74, 6) is -1.01. The van der Waals surface area contributed by atoms with Crippen LogP contribution >= 0.6 is 0 Å². The quantitative estimate of drug-likeness (QED) is 0.907. The van der Waals surface area contributed by atoms with Gasteiger partial charge in [-0.05, 0) is 25.0 Å². The van der Waals surface area contributed by atoms with Crippen molar-refractivity contribution < 1.29 is 18.3 Å². The summed E-state index contributed by atoms with van der Waals surface area (Å²) in [5.41, 5.74) is 1.90. The van der Waals surface area contributed by atoms with E-state index in [0.29, 0.717) is 29.9 Å². The summed E-state index contributed by atoms with van der Waals surface area (Å²) < 4.78 is 25.2. The number of rotatable bonds is 4. The predicted molar refractivity (Wildman–Crippen MR) is 88.0 cm³/mol. The molecule has 0 bridgehead atoms. The first-order chi connectivity index (χ1) is 11.4. The van der Waals surface area contributed by atoms with E-state index in [2.05, 4.69) is 9.97 Å². The molecular formula is C16H17N3O4S. The summed E-state index contributed by atoms with van der Waals surface area (Å²) in [6, 6.07) is 6.11. The molecular weight excluding hydrogens is 330 g/mol. The molecule has 3 rings (SSSR count). The number of sulfonamides is 1. The Morgan fingerprint density at radius 2 is 2.12 bits per heavy atom. The smallest absolute Gasteiger partial charge is 0.335 e. The van der Waals surface area contributed by atoms with Crippen molar-refractivity contribution in [1.29, 1.82) is 0 Å². The molecule has 7 nitrogen and oxygen atoms in total. The minimum absolute atomic E-state index is 0.165. The van der Waals surface area contributed by atoms with E-state index in [9.17, 15) is 13.2 Å². The van der Waals surface area contributed by atoms with E-state index >= 15 is 0 Å². The van der Waals surface area contributed by atoms with Gasteiger partial charge in [0.2, 0.25) is 10.0 Å². The number of aromatic nitrogens is 2. The Morgan fingerprint density at radius 1 is 1.33 bits per heavy atom. The first-order valence-electron chi connectivity index (χ1n) is 7.49. The fraction of sp³-hybridized carbons (Fsp3) is 0.312. The zero-order valence-electron chi connectivity index (χ0n) is 13.1. The second kappa shape index (κ2) is 6.29. The largest absolute Gasteiger partial charge is 0.478 e. The Hall–Kier alpha value is -2.32. The van der Waals surface area contributed by atoms with Crippen LogP contribution in [0.5, 0.6) is 0 Å². The van der Waals surface area contributed by atoms with Crippen molar-refractivity contribution in [2.75, 3.05) is 12.8 Å². The van der Waals surface area contributed by atoms with Crippen molar-refractivity contribution in [2.45, 2.75) is 18.9 Å². The molecule has 0 saturated carbocycles. The van der Waals surface area contributed by atoms with Crippen LogP contribution in [-0.4, -0.2) is 46.6 Å². The van der Waals surface area contributed by atoms with Crippen molar-refractivity contribution in [3.63, 3.8) is 0 Å². The molecule has 8 heteroatoms. The highest BCUT2D eigenvalue weighted by Gasteiger charge is 2.33. The average Bonchev–Trinajstić information content (AvgIpc) is 3.05. The Kier molecular flexibility index (Phi) is 4.33. The molecule has 0 radical (unpaired) electrons. The molecule has 126 valence electrons. The van der Waals surface area contributed by atoms with E-state index in [1.54, 1.807) is 24.5 Å².